The standard InChI is InChI=1S/C21H24Cl2N2O2/c22-18-7-5-16(6-8-18)15-25-12-9-17(10-13-25)21(26)24-11-14-27-20-4-2-1-3-19(20)23/h1-8,17H,9-15H2,(H,24,26). The fourth-order valence-electron chi connectivity index (χ4n) is 3.24. The van der Waals surface area contributed by atoms with Gasteiger partial charge in [-0.05, 0) is 55.8 Å². The van der Waals surface area contributed by atoms with E-state index in [1.165, 1.54) is 5.56 Å². The highest BCUT2D eigenvalue weighted by Crippen LogP contribution is 2.23. The van der Waals surface area contributed by atoms with E-state index < -0.39 is 0 Å². The maximum Gasteiger partial charge on any atom is 0.223 e. The highest BCUT2D eigenvalue weighted by Gasteiger charge is 2.24. The molecule has 1 aliphatic rings. The maximum absolute atomic E-state index is 12.4. The normalized spacial score (nSPS) is 15.5. The van der Waals surface area contributed by atoms with Crippen LogP contribution in [-0.4, -0.2) is 37.0 Å². The number of likely N-dealkylation sites (tertiary alicyclic amines) is 1. The molecule has 0 saturated carbocycles. The zero-order chi connectivity index (χ0) is 19.1. The van der Waals surface area contributed by atoms with E-state index in [-0.39, 0.29) is 11.8 Å². The highest BCUT2D eigenvalue weighted by molar-refractivity contribution is 6.32. The summed E-state index contributed by atoms with van der Waals surface area (Å²) in [5.74, 6) is 0.833. The first-order valence-corrected chi connectivity index (χ1v) is 9.99. The Kier molecular flexibility index (Phi) is 7.39. The predicted octanol–water partition coefficient (Wildman–Crippen LogP) is 4.40. The Morgan fingerprint density at radius 3 is 2.48 bits per heavy atom. The molecule has 1 saturated heterocycles. The first-order chi connectivity index (χ1) is 13.1. The SMILES string of the molecule is O=C(NCCOc1ccccc1Cl)C1CCN(Cc2ccc(Cl)cc2)CC1. The second-order valence-corrected chi connectivity index (χ2v) is 7.59. The van der Waals surface area contributed by atoms with E-state index in [2.05, 4.69) is 22.3 Å². The van der Waals surface area contributed by atoms with Crippen molar-refractivity contribution < 1.29 is 9.53 Å². The average Bonchev–Trinajstić information content (AvgIpc) is 2.69. The van der Waals surface area contributed by atoms with Gasteiger partial charge < -0.3 is 10.1 Å². The van der Waals surface area contributed by atoms with Gasteiger partial charge in [-0.25, -0.2) is 0 Å². The van der Waals surface area contributed by atoms with Gasteiger partial charge in [0.25, 0.3) is 0 Å². The molecule has 6 heteroatoms. The third-order valence-corrected chi connectivity index (χ3v) is 5.34. The Labute approximate surface area is 170 Å². The largest absolute Gasteiger partial charge is 0.490 e. The zero-order valence-corrected chi connectivity index (χ0v) is 16.7. The Morgan fingerprint density at radius 1 is 1.07 bits per heavy atom. The molecule has 0 atom stereocenters. The minimum absolute atomic E-state index is 0.0757. The molecule has 0 radical (unpaired) electrons. The summed E-state index contributed by atoms with van der Waals surface area (Å²) in [7, 11) is 0. The molecule has 0 aromatic heterocycles. The number of carbonyl (C=O) groups is 1. The Bertz CT molecular complexity index is 744. The van der Waals surface area contributed by atoms with Crippen molar-refractivity contribution >= 4 is 29.1 Å². The van der Waals surface area contributed by atoms with Gasteiger partial charge in [-0.1, -0.05) is 47.5 Å². The summed E-state index contributed by atoms with van der Waals surface area (Å²) in [6.07, 6.45) is 1.76. The molecule has 0 unspecified atom stereocenters. The van der Waals surface area contributed by atoms with Crippen molar-refractivity contribution in [3.8, 4) is 5.75 Å². The smallest absolute Gasteiger partial charge is 0.223 e. The Balaban J connectivity index is 1.34. The Hall–Kier alpha value is -1.75. The van der Waals surface area contributed by atoms with Crippen molar-refractivity contribution in [3.63, 3.8) is 0 Å². The molecule has 144 valence electrons. The van der Waals surface area contributed by atoms with Gasteiger partial charge in [0.15, 0.2) is 0 Å². The number of halogens is 2. The number of amides is 1. The van der Waals surface area contributed by atoms with Crippen molar-refractivity contribution in [2.24, 2.45) is 5.92 Å². The van der Waals surface area contributed by atoms with Crippen molar-refractivity contribution in [2.75, 3.05) is 26.2 Å². The van der Waals surface area contributed by atoms with Crippen LogP contribution in [0.1, 0.15) is 18.4 Å². The summed E-state index contributed by atoms with van der Waals surface area (Å²) in [6, 6.07) is 15.3. The van der Waals surface area contributed by atoms with Crippen LogP contribution in [0.4, 0.5) is 0 Å². The number of rotatable bonds is 7. The number of benzene rings is 2. The maximum atomic E-state index is 12.4. The molecular formula is C21H24Cl2N2O2. The summed E-state index contributed by atoms with van der Waals surface area (Å²) in [4.78, 5) is 14.7. The van der Waals surface area contributed by atoms with Crippen LogP contribution in [0.15, 0.2) is 48.5 Å². The number of para-hydroxylation sites is 1. The summed E-state index contributed by atoms with van der Waals surface area (Å²) < 4.78 is 5.60. The lowest BCUT2D eigenvalue weighted by Crippen LogP contribution is -2.41. The first-order valence-electron chi connectivity index (χ1n) is 9.23. The number of piperidine rings is 1. The van der Waals surface area contributed by atoms with E-state index >= 15 is 0 Å². The van der Waals surface area contributed by atoms with E-state index in [0.717, 1.165) is 37.5 Å². The molecule has 2 aromatic carbocycles. The van der Waals surface area contributed by atoms with Crippen LogP contribution < -0.4 is 10.1 Å². The molecule has 3 rings (SSSR count). The molecule has 1 heterocycles. The molecule has 1 N–H and O–H groups in total. The third kappa shape index (κ3) is 6.13. The van der Waals surface area contributed by atoms with Crippen LogP contribution in [0, 0.1) is 5.92 Å². The third-order valence-electron chi connectivity index (χ3n) is 4.77. The fraction of sp³-hybridized carbons (Fsp3) is 0.381. The average molecular weight is 407 g/mol. The van der Waals surface area contributed by atoms with Crippen molar-refractivity contribution in [1.82, 2.24) is 10.2 Å². The number of nitrogens with one attached hydrogen (secondary N) is 1. The van der Waals surface area contributed by atoms with E-state index in [1.54, 1.807) is 6.07 Å². The number of nitrogens with zero attached hydrogens (tertiary/aromatic N) is 1. The van der Waals surface area contributed by atoms with Crippen LogP contribution in [0.2, 0.25) is 10.0 Å². The molecule has 2 aromatic rings. The van der Waals surface area contributed by atoms with Gasteiger partial charge >= 0.3 is 0 Å². The van der Waals surface area contributed by atoms with Gasteiger partial charge in [-0.2, -0.15) is 0 Å². The van der Waals surface area contributed by atoms with Gasteiger partial charge in [0.2, 0.25) is 5.91 Å². The monoisotopic (exact) mass is 406 g/mol. The lowest BCUT2D eigenvalue weighted by atomic mass is 9.95. The van der Waals surface area contributed by atoms with Crippen LogP contribution in [-0.2, 0) is 11.3 Å². The second kappa shape index (κ2) is 9.98. The fourth-order valence-corrected chi connectivity index (χ4v) is 3.56. The van der Waals surface area contributed by atoms with E-state index in [1.807, 2.05) is 30.3 Å². The van der Waals surface area contributed by atoms with Crippen LogP contribution >= 0.6 is 23.2 Å². The molecule has 0 spiro atoms. The van der Waals surface area contributed by atoms with Gasteiger partial charge in [0.1, 0.15) is 12.4 Å². The van der Waals surface area contributed by atoms with E-state index in [0.29, 0.717) is 23.9 Å². The van der Waals surface area contributed by atoms with Crippen LogP contribution in [0.5, 0.6) is 5.75 Å². The van der Waals surface area contributed by atoms with Gasteiger partial charge in [0.05, 0.1) is 11.6 Å². The van der Waals surface area contributed by atoms with Gasteiger partial charge in [-0.3, -0.25) is 9.69 Å². The first kappa shape index (κ1) is 20.0. The summed E-state index contributed by atoms with van der Waals surface area (Å²) in [5, 5.41) is 4.31. The van der Waals surface area contributed by atoms with Crippen molar-refractivity contribution in [3.05, 3.63) is 64.1 Å². The van der Waals surface area contributed by atoms with E-state index in [9.17, 15) is 4.79 Å². The predicted molar refractivity (Wildman–Crippen MR) is 109 cm³/mol. The molecular weight excluding hydrogens is 383 g/mol. The second-order valence-electron chi connectivity index (χ2n) is 6.75. The van der Waals surface area contributed by atoms with Gasteiger partial charge in [-0.15, -0.1) is 0 Å². The minimum atomic E-state index is 0.0757. The van der Waals surface area contributed by atoms with Crippen LogP contribution in [0.25, 0.3) is 0 Å². The molecule has 1 fully saturated rings. The summed E-state index contributed by atoms with van der Waals surface area (Å²) >= 11 is 12.0. The van der Waals surface area contributed by atoms with Crippen molar-refractivity contribution in [1.29, 1.82) is 0 Å². The molecule has 1 aliphatic heterocycles. The quantitative estimate of drug-likeness (QED) is 0.692. The van der Waals surface area contributed by atoms with Gasteiger partial charge in [0, 0.05) is 17.5 Å². The summed E-state index contributed by atoms with van der Waals surface area (Å²) in [6.45, 7) is 3.64. The summed E-state index contributed by atoms with van der Waals surface area (Å²) in [5.41, 5.74) is 1.25. The zero-order valence-electron chi connectivity index (χ0n) is 15.2. The Morgan fingerprint density at radius 2 is 1.78 bits per heavy atom. The van der Waals surface area contributed by atoms with Crippen molar-refractivity contribution in [2.45, 2.75) is 19.4 Å². The molecule has 4 nitrogen and oxygen atoms in total. The molecule has 1 amide bonds. The number of ether oxygens (including phenoxy) is 1. The number of hydrogen-bond donors (Lipinski definition) is 1. The highest BCUT2D eigenvalue weighted by atomic mass is 35.5. The number of hydrogen-bond acceptors (Lipinski definition) is 3. The molecule has 0 bridgehead atoms. The lowest BCUT2D eigenvalue weighted by molar-refractivity contribution is -0.126. The number of carbonyl (C=O) groups excluding carboxylic acids is 1. The molecule has 27 heavy (non-hydrogen) atoms. The molecule has 0 aliphatic carbocycles. The minimum Gasteiger partial charge on any atom is -0.490 e. The van der Waals surface area contributed by atoms with E-state index in [4.69, 9.17) is 27.9 Å². The van der Waals surface area contributed by atoms with Crippen LogP contribution in [0.3, 0.4) is 0 Å². The lowest BCUT2D eigenvalue weighted by Gasteiger charge is -2.31. The topological polar surface area (TPSA) is 41.6 Å².